The van der Waals surface area contributed by atoms with Crippen LogP contribution >= 0.6 is 11.8 Å². The summed E-state index contributed by atoms with van der Waals surface area (Å²) in [4.78, 5) is 26.6. The molecule has 5 nitrogen and oxygen atoms in total. The van der Waals surface area contributed by atoms with Crippen molar-refractivity contribution in [2.75, 3.05) is 5.75 Å². The number of aliphatic carboxylic acids is 1. The summed E-state index contributed by atoms with van der Waals surface area (Å²) in [5, 5.41) is 9.51. The highest BCUT2D eigenvalue weighted by molar-refractivity contribution is 8.03. The van der Waals surface area contributed by atoms with E-state index in [4.69, 9.17) is 4.43 Å². The fourth-order valence-corrected chi connectivity index (χ4v) is 6.54. The van der Waals surface area contributed by atoms with Crippen molar-refractivity contribution in [1.29, 1.82) is 0 Å². The highest BCUT2D eigenvalue weighted by Crippen LogP contribution is 2.54. The Labute approximate surface area is 136 Å². The van der Waals surface area contributed by atoms with Crippen molar-refractivity contribution in [1.82, 2.24) is 4.90 Å². The molecule has 0 bridgehead atoms. The smallest absolute Gasteiger partial charge is 0.353 e. The molecular weight excluding hydrogens is 318 g/mol. The van der Waals surface area contributed by atoms with Crippen LogP contribution in [0.5, 0.6) is 0 Å². The minimum absolute atomic E-state index is 0.00671. The molecule has 7 heteroatoms. The number of thioether (sulfide) groups is 1. The molecule has 2 fully saturated rings. The zero-order valence-electron chi connectivity index (χ0n) is 13.5. The molecule has 3 aliphatic rings. The van der Waals surface area contributed by atoms with Crippen molar-refractivity contribution in [3.05, 3.63) is 10.6 Å². The van der Waals surface area contributed by atoms with E-state index in [1.807, 2.05) is 6.92 Å². The van der Waals surface area contributed by atoms with Crippen molar-refractivity contribution in [2.24, 2.45) is 11.8 Å². The normalized spacial score (nSPS) is 32.5. The van der Waals surface area contributed by atoms with E-state index in [1.165, 1.54) is 4.90 Å². The minimum atomic E-state index is -1.73. The lowest BCUT2D eigenvalue weighted by molar-refractivity contribution is -0.162. The minimum Gasteiger partial charge on any atom is -0.477 e. The summed E-state index contributed by atoms with van der Waals surface area (Å²) in [5.41, 5.74) is 0.237. The first-order valence-electron chi connectivity index (χ1n) is 7.83. The first-order chi connectivity index (χ1) is 10.2. The summed E-state index contributed by atoms with van der Waals surface area (Å²) in [6.45, 7) is 8.30. The zero-order chi connectivity index (χ0) is 16.2. The first kappa shape index (κ1) is 16.1. The fraction of sp³-hybridized carbons (Fsp3) is 0.733. The monoisotopic (exact) mass is 341 g/mol. The number of rotatable bonds is 4. The second-order valence-electron chi connectivity index (χ2n) is 7.28. The largest absolute Gasteiger partial charge is 0.477 e. The highest BCUT2D eigenvalue weighted by Gasteiger charge is 2.61. The Hall–Kier alpha value is -0.793. The van der Waals surface area contributed by atoms with Crippen LogP contribution in [0.2, 0.25) is 19.6 Å². The SMILES string of the molecule is C[C@@H](O[Si](C)(C)C)[C@H]1C(=O)N2C(C(=O)O)=C3SCCCC3[C@H]12. The maximum absolute atomic E-state index is 12.6. The molecule has 0 aromatic heterocycles. The third kappa shape index (κ3) is 2.43. The van der Waals surface area contributed by atoms with Gasteiger partial charge in [-0.15, -0.1) is 11.8 Å². The van der Waals surface area contributed by atoms with Crippen molar-refractivity contribution in [3.8, 4) is 0 Å². The molecule has 0 radical (unpaired) electrons. The van der Waals surface area contributed by atoms with Gasteiger partial charge in [0.05, 0.1) is 18.1 Å². The van der Waals surface area contributed by atoms with Gasteiger partial charge in [0.25, 0.3) is 0 Å². The zero-order valence-corrected chi connectivity index (χ0v) is 15.3. The van der Waals surface area contributed by atoms with Crippen LogP contribution in [0.3, 0.4) is 0 Å². The summed E-state index contributed by atoms with van der Waals surface area (Å²) in [6.07, 6.45) is 1.92. The summed E-state index contributed by atoms with van der Waals surface area (Å²) < 4.78 is 6.11. The average molecular weight is 342 g/mol. The topological polar surface area (TPSA) is 66.8 Å². The van der Waals surface area contributed by atoms with Gasteiger partial charge in [-0.2, -0.15) is 0 Å². The van der Waals surface area contributed by atoms with Crippen LogP contribution in [-0.4, -0.2) is 48.1 Å². The standard InChI is InChI=1S/C15H23NO4SSi/c1-8(20-22(2,3)4)10-11-9-6-5-7-21-13(9)12(15(18)19)16(11)14(10)17/h8-11H,5-7H2,1-4H3,(H,18,19)/t8-,9?,10-,11-/m1/s1. The van der Waals surface area contributed by atoms with Crippen LogP contribution in [0.25, 0.3) is 0 Å². The molecule has 0 aromatic rings. The number of carboxylic acid groups (broad SMARTS) is 1. The van der Waals surface area contributed by atoms with Gasteiger partial charge >= 0.3 is 5.97 Å². The molecule has 3 heterocycles. The first-order valence-corrected chi connectivity index (χ1v) is 12.2. The summed E-state index contributed by atoms with van der Waals surface area (Å²) >= 11 is 1.62. The Morgan fingerprint density at radius 1 is 1.45 bits per heavy atom. The number of fused-ring (bicyclic) bond motifs is 3. The number of carboxylic acids is 1. The predicted octanol–water partition coefficient (Wildman–Crippen LogP) is 2.51. The van der Waals surface area contributed by atoms with Crippen LogP contribution in [0, 0.1) is 11.8 Å². The quantitative estimate of drug-likeness (QED) is 0.629. The van der Waals surface area contributed by atoms with Crippen molar-refractivity contribution >= 4 is 32.0 Å². The van der Waals surface area contributed by atoms with E-state index in [0.717, 1.165) is 23.5 Å². The molecular formula is C15H23NO4SSi. The number of nitrogens with zero attached hydrogens (tertiary/aromatic N) is 1. The molecule has 0 aliphatic carbocycles. The van der Waals surface area contributed by atoms with Gasteiger partial charge in [-0.3, -0.25) is 4.79 Å². The van der Waals surface area contributed by atoms with E-state index in [2.05, 4.69) is 19.6 Å². The number of carbonyl (C=O) groups excluding carboxylic acids is 1. The average Bonchev–Trinajstić information content (AvgIpc) is 2.68. The number of hydrogen-bond donors (Lipinski definition) is 1. The van der Waals surface area contributed by atoms with Crippen LogP contribution in [-0.2, 0) is 14.0 Å². The predicted molar refractivity (Wildman–Crippen MR) is 87.9 cm³/mol. The Bertz CT molecular complexity index is 556. The fourth-order valence-electron chi connectivity index (χ4n) is 3.95. The lowest BCUT2D eigenvalue weighted by Crippen LogP contribution is -2.65. The van der Waals surface area contributed by atoms with Crippen LogP contribution in [0.4, 0.5) is 0 Å². The maximum atomic E-state index is 12.6. The van der Waals surface area contributed by atoms with Gasteiger partial charge in [0.15, 0.2) is 8.32 Å². The van der Waals surface area contributed by atoms with Crippen LogP contribution in [0.1, 0.15) is 19.8 Å². The molecule has 3 rings (SSSR count). The molecule has 1 unspecified atom stereocenters. The van der Waals surface area contributed by atoms with Crippen LogP contribution < -0.4 is 0 Å². The molecule has 1 amide bonds. The second kappa shape index (κ2) is 5.38. The molecule has 0 saturated carbocycles. The third-order valence-electron chi connectivity index (χ3n) is 4.58. The van der Waals surface area contributed by atoms with Gasteiger partial charge in [0.1, 0.15) is 5.70 Å². The molecule has 122 valence electrons. The van der Waals surface area contributed by atoms with Crippen molar-refractivity contribution in [3.63, 3.8) is 0 Å². The summed E-state index contributed by atoms with van der Waals surface area (Å²) in [5.74, 6) is -0.0937. The van der Waals surface area contributed by atoms with Gasteiger partial charge in [-0.05, 0) is 45.2 Å². The van der Waals surface area contributed by atoms with E-state index in [0.29, 0.717) is 0 Å². The van der Waals surface area contributed by atoms with Gasteiger partial charge in [-0.25, -0.2) is 4.79 Å². The van der Waals surface area contributed by atoms with Crippen LogP contribution in [0.15, 0.2) is 10.6 Å². The molecule has 2 saturated heterocycles. The van der Waals surface area contributed by atoms with E-state index < -0.39 is 14.3 Å². The summed E-state index contributed by atoms with van der Waals surface area (Å²) in [7, 11) is -1.73. The Kier molecular flexibility index (Phi) is 3.94. The second-order valence-corrected chi connectivity index (χ2v) is 12.9. The van der Waals surface area contributed by atoms with Gasteiger partial charge < -0.3 is 14.4 Å². The Morgan fingerprint density at radius 2 is 2.14 bits per heavy atom. The van der Waals surface area contributed by atoms with Crippen molar-refractivity contribution < 1.29 is 19.1 Å². The lowest BCUT2D eigenvalue weighted by atomic mass is 9.77. The van der Waals surface area contributed by atoms with E-state index in [9.17, 15) is 14.7 Å². The molecule has 3 aliphatic heterocycles. The molecule has 0 spiro atoms. The van der Waals surface area contributed by atoms with Gasteiger partial charge in [0.2, 0.25) is 5.91 Å². The van der Waals surface area contributed by atoms with E-state index in [1.54, 1.807) is 11.8 Å². The van der Waals surface area contributed by atoms with E-state index in [-0.39, 0.29) is 35.6 Å². The van der Waals surface area contributed by atoms with Crippen molar-refractivity contribution in [2.45, 2.75) is 51.6 Å². The Morgan fingerprint density at radius 3 is 2.73 bits per heavy atom. The van der Waals surface area contributed by atoms with Gasteiger partial charge in [0, 0.05) is 10.8 Å². The molecule has 0 aromatic carbocycles. The lowest BCUT2D eigenvalue weighted by Gasteiger charge is -2.49. The van der Waals surface area contributed by atoms with Gasteiger partial charge in [-0.1, -0.05) is 0 Å². The third-order valence-corrected chi connectivity index (χ3v) is 6.96. The summed E-state index contributed by atoms with van der Waals surface area (Å²) in [6, 6.07) is -0.00671. The van der Waals surface area contributed by atoms with E-state index >= 15 is 0 Å². The maximum Gasteiger partial charge on any atom is 0.353 e. The molecule has 22 heavy (non-hydrogen) atoms. The highest BCUT2D eigenvalue weighted by atomic mass is 32.2. The number of carbonyl (C=O) groups is 2. The number of hydrogen-bond acceptors (Lipinski definition) is 4. The number of β-lactam (4-membered cyclic amide) rings is 1. The molecule has 4 atom stereocenters. The number of amides is 1. The molecule has 1 N–H and O–H groups in total. The Balaban J connectivity index is 1.87.